The van der Waals surface area contributed by atoms with Crippen molar-refractivity contribution in [3.05, 3.63) is 66.3 Å². The zero-order valence-electron chi connectivity index (χ0n) is 12.6. The van der Waals surface area contributed by atoms with E-state index in [9.17, 15) is 4.79 Å². The van der Waals surface area contributed by atoms with E-state index in [0.717, 1.165) is 31.6 Å². The molecule has 0 radical (unpaired) electrons. The van der Waals surface area contributed by atoms with E-state index in [1.165, 1.54) is 5.56 Å². The molecule has 114 valence electrons. The highest BCUT2D eigenvalue weighted by Gasteiger charge is 2.18. The molecule has 1 atom stereocenters. The minimum Gasteiger partial charge on any atom is -0.349 e. The van der Waals surface area contributed by atoms with Gasteiger partial charge in [-0.25, -0.2) is 4.98 Å². The van der Waals surface area contributed by atoms with E-state index in [-0.39, 0.29) is 11.8 Å². The summed E-state index contributed by atoms with van der Waals surface area (Å²) in [7, 11) is 0. The van der Waals surface area contributed by atoms with Gasteiger partial charge in [-0.2, -0.15) is 0 Å². The Morgan fingerprint density at radius 2 is 2.14 bits per heavy atom. The quantitative estimate of drug-likeness (QED) is 0.862. The van der Waals surface area contributed by atoms with E-state index in [0.29, 0.717) is 6.54 Å². The SMILES string of the molecule is O=C(NCc1nccn1Cc1ccccc1)[C@@H]1CC=CCC1. The van der Waals surface area contributed by atoms with Crippen molar-refractivity contribution in [1.29, 1.82) is 0 Å². The number of aromatic nitrogens is 2. The van der Waals surface area contributed by atoms with Crippen LogP contribution in [-0.4, -0.2) is 15.5 Å². The molecule has 0 unspecified atom stereocenters. The van der Waals surface area contributed by atoms with Crippen LogP contribution in [0.2, 0.25) is 0 Å². The Balaban J connectivity index is 1.58. The summed E-state index contributed by atoms with van der Waals surface area (Å²) in [5, 5.41) is 3.02. The largest absolute Gasteiger partial charge is 0.349 e. The highest BCUT2D eigenvalue weighted by Crippen LogP contribution is 2.18. The zero-order valence-corrected chi connectivity index (χ0v) is 12.6. The average molecular weight is 295 g/mol. The van der Waals surface area contributed by atoms with Crippen molar-refractivity contribution in [2.75, 3.05) is 0 Å². The third kappa shape index (κ3) is 3.64. The van der Waals surface area contributed by atoms with Crippen molar-refractivity contribution in [3.8, 4) is 0 Å². The predicted molar refractivity (Wildman–Crippen MR) is 86.1 cm³/mol. The molecule has 0 saturated carbocycles. The number of rotatable bonds is 5. The number of allylic oxidation sites excluding steroid dienone is 2. The summed E-state index contributed by atoms with van der Waals surface area (Å²) in [4.78, 5) is 16.5. The molecule has 22 heavy (non-hydrogen) atoms. The first-order chi connectivity index (χ1) is 10.8. The second kappa shape index (κ2) is 7.07. The first kappa shape index (κ1) is 14.6. The second-order valence-electron chi connectivity index (χ2n) is 5.66. The maximum atomic E-state index is 12.2. The van der Waals surface area contributed by atoms with E-state index in [2.05, 4.69) is 39.2 Å². The smallest absolute Gasteiger partial charge is 0.223 e. The fraction of sp³-hybridized carbons (Fsp3) is 0.333. The van der Waals surface area contributed by atoms with Crippen LogP contribution in [-0.2, 0) is 17.9 Å². The van der Waals surface area contributed by atoms with Crippen LogP contribution in [0.25, 0.3) is 0 Å². The van der Waals surface area contributed by atoms with Crippen LogP contribution in [0.3, 0.4) is 0 Å². The number of imidazole rings is 1. The predicted octanol–water partition coefficient (Wildman–Crippen LogP) is 2.90. The molecule has 0 bridgehead atoms. The van der Waals surface area contributed by atoms with Crippen molar-refractivity contribution < 1.29 is 4.79 Å². The molecule has 0 fully saturated rings. The maximum absolute atomic E-state index is 12.2. The van der Waals surface area contributed by atoms with Gasteiger partial charge in [-0.1, -0.05) is 42.5 Å². The number of hydrogen-bond donors (Lipinski definition) is 1. The Labute approximate surface area is 130 Å². The lowest BCUT2D eigenvalue weighted by Crippen LogP contribution is -2.31. The molecule has 1 aromatic heterocycles. The van der Waals surface area contributed by atoms with Gasteiger partial charge in [0.25, 0.3) is 0 Å². The molecule has 0 saturated heterocycles. The standard InChI is InChI=1S/C18H21N3O/c22-18(16-9-5-2-6-10-16)20-13-17-19-11-12-21(17)14-15-7-3-1-4-8-15/h1-5,7-8,11-12,16H,6,9-10,13-14H2,(H,20,22)/t16-/m1/s1. The topological polar surface area (TPSA) is 46.9 Å². The van der Waals surface area contributed by atoms with Crippen LogP contribution in [0.5, 0.6) is 0 Å². The first-order valence-corrected chi connectivity index (χ1v) is 7.79. The number of carbonyl (C=O) groups is 1. The number of nitrogens with one attached hydrogen (secondary N) is 1. The Bertz CT molecular complexity index is 645. The minimum atomic E-state index is 0.113. The molecular formula is C18H21N3O. The fourth-order valence-corrected chi connectivity index (χ4v) is 2.77. The summed E-state index contributed by atoms with van der Waals surface area (Å²) >= 11 is 0. The molecule has 1 aromatic carbocycles. The normalized spacial score (nSPS) is 17.4. The lowest BCUT2D eigenvalue weighted by molar-refractivity contribution is -0.125. The molecule has 1 N–H and O–H groups in total. The number of benzene rings is 1. The summed E-state index contributed by atoms with van der Waals surface area (Å²) in [5.41, 5.74) is 1.23. The third-order valence-electron chi connectivity index (χ3n) is 4.06. The summed E-state index contributed by atoms with van der Waals surface area (Å²) in [6.07, 6.45) is 10.8. The molecular weight excluding hydrogens is 274 g/mol. The summed E-state index contributed by atoms with van der Waals surface area (Å²) in [5.74, 6) is 1.14. The van der Waals surface area contributed by atoms with Crippen molar-refractivity contribution in [2.24, 2.45) is 5.92 Å². The van der Waals surface area contributed by atoms with E-state index in [4.69, 9.17) is 0 Å². The molecule has 1 aliphatic carbocycles. The van der Waals surface area contributed by atoms with Crippen molar-refractivity contribution >= 4 is 5.91 Å². The van der Waals surface area contributed by atoms with Gasteiger partial charge in [-0.15, -0.1) is 0 Å². The summed E-state index contributed by atoms with van der Waals surface area (Å²) in [6.45, 7) is 1.26. The lowest BCUT2D eigenvalue weighted by Gasteiger charge is -2.17. The van der Waals surface area contributed by atoms with Crippen molar-refractivity contribution in [1.82, 2.24) is 14.9 Å². The minimum absolute atomic E-state index is 0.113. The highest BCUT2D eigenvalue weighted by molar-refractivity contribution is 5.78. The van der Waals surface area contributed by atoms with Gasteiger partial charge in [0.1, 0.15) is 5.82 Å². The van der Waals surface area contributed by atoms with Crippen molar-refractivity contribution in [3.63, 3.8) is 0 Å². The van der Waals surface area contributed by atoms with E-state index >= 15 is 0 Å². The second-order valence-corrected chi connectivity index (χ2v) is 5.66. The highest BCUT2D eigenvalue weighted by atomic mass is 16.1. The molecule has 0 aliphatic heterocycles. The zero-order chi connectivity index (χ0) is 15.2. The van der Waals surface area contributed by atoms with E-state index < -0.39 is 0 Å². The van der Waals surface area contributed by atoms with E-state index in [1.807, 2.05) is 24.4 Å². The molecule has 1 amide bonds. The van der Waals surface area contributed by atoms with Gasteiger partial charge in [0.05, 0.1) is 6.54 Å². The Hall–Kier alpha value is -2.36. The van der Waals surface area contributed by atoms with Crippen LogP contribution >= 0.6 is 0 Å². The number of carbonyl (C=O) groups excluding carboxylic acids is 1. The van der Waals surface area contributed by atoms with Crippen LogP contribution in [0.15, 0.2) is 54.9 Å². The summed E-state index contributed by atoms with van der Waals surface area (Å²) < 4.78 is 2.08. The molecule has 1 heterocycles. The van der Waals surface area contributed by atoms with Crippen molar-refractivity contribution in [2.45, 2.75) is 32.4 Å². The Morgan fingerprint density at radius 1 is 1.27 bits per heavy atom. The number of nitrogens with zero attached hydrogens (tertiary/aromatic N) is 2. The number of amides is 1. The van der Waals surface area contributed by atoms with Crippen LogP contribution in [0.1, 0.15) is 30.7 Å². The lowest BCUT2D eigenvalue weighted by atomic mass is 9.94. The van der Waals surface area contributed by atoms with Gasteiger partial charge in [-0.05, 0) is 24.8 Å². The summed E-state index contributed by atoms with van der Waals surface area (Å²) in [6, 6.07) is 10.3. The van der Waals surface area contributed by atoms with Gasteiger partial charge in [0.2, 0.25) is 5.91 Å². The Kier molecular flexibility index (Phi) is 4.68. The molecule has 4 nitrogen and oxygen atoms in total. The van der Waals surface area contributed by atoms with Gasteiger partial charge < -0.3 is 9.88 Å². The van der Waals surface area contributed by atoms with Crippen LogP contribution < -0.4 is 5.32 Å². The number of hydrogen-bond acceptors (Lipinski definition) is 2. The van der Waals surface area contributed by atoms with Crippen LogP contribution in [0, 0.1) is 5.92 Å². The Morgan fingerprint density at radius 3 is 2.91 bits per heavy atom. The first-order valence-electron chi connectivity index (χ1n) is 7.79. The third-order valence-corrected chi connectivity index (χ3v) is 4.06. The maximum Gasteiger partial charge on any atom is 0.223 e. The van der Waals surface area contributed by atoms with Gasteiger partial charge in [0, 0.05) is 24.9 Å². The fourth-order valence-electron chi connectivity index (χ4n) is 2.77. The van der Waals surface area contributed by atoms with Gasteiger partial charge in [-0.3, -0.25) is 4.79 Å². The van der Waals surface area contributed by atoms with Gasteiger partial charge >= 0.3 is 0 Å². The molecule has 2 aromatic rings. The molecule has 4 heteroatoms. The molecule has 1 aliphatic rings. The molecule has 3 rings (SSSR count). The molecule has 0 spiro atoms. The van der Waals surface area contributed by atoms with Gasteiger partial charge in [0.15, 0.2) is 0 Å². The van der Waals surface area contributed by atoms with Crippen LogP contribution in [0.4, 0.5) is 0 Å². The van der Waals surface area contributed by atoms with E-state index in [1.54, 1.807) is 6.20 Å². The average Bonchev–Trinajstić information content (AvgIpc) is 3.01. The monoisotopic (exact) mass is 295 g/mol.